The van der Waals surface area contributed by atoms with E-state index in [9.17, 15) is 0 Å². The van der Waals surface area contributed by atoms with E-state index in [1.807, 2.05) is 118 Å². The Morgan fingerprint density at radius 1 is 0.489 bits per heavy atom. The second-order valence-corrected chi connectivity index (χ2v) is 18.7. The number of fused-ring (bicyclic) bond motifs is 2. The van der Waals surface area contributed by atoms with Crippen molar-refractivity contribution >= 4 is 105 Å². The Bertz CT molecular complexity index is 1880. The maximum absolute atomic E-state index is 3.74. The highest BCUT2D eigenvalue weighted by Gasteiger charge is 2.24. The predicted molar refractivity (Wildman–Crippen MR) is 226 cm³/mol. The smallest absolute Gasteiger partial charge is 0.0706 e. The molecular weight excluding hydrogens is 725 g/mol. The van der Waals surface area contributed by atoms with Gasteiger partial charge >= 0.3 is 0 Å². The summed E-state index contributed by atoms with van der Waals surface area (Å²) in [6.07, 6.45) is 31.1. The van der Waals surface area contributed by atoms with Gasteiger partial charge < -0.3 is 0 Å². The van der Waals surface area contributed by atoms with Gasteiger partial charge in [0.2, 0.25) is 0 Å². The van der Waals surface area contributed by atoms with Crippen LogP contribution in [-0.2, 0) is 0 Å². The number of hydrogen-bond donors (Lipinski definition) is 0. The van der Waals surface area contributed by atoms with Crippen LogP contribution < -0.4 is 0 Å². The second kappa shape index (κ2) is 18.0. The van der Waals surface area contributed by atoms with E-state index in [1.54, 1.807) is 6.08 Å². The summed E-state index contributed by atoms with van der Waals surface area (Å²) < 4.78 is 5.53. The van der Waals surface area contributed by atoms with E-state index >= 15 is 0 Å². The Kier molecular flexibility index (Phi) is 13.3. The molecule has 0 saturated heterocycles. The van der Waals surface area contributed by atoms with E-state index in [0.29, 0.717) is 0 Å². The van der Waals surface area contributed by atoms with E-state index in [4.69, 9.17) is 0 Å². The first-order chi connectivity index (χ1) is 23.2. The molecule has 0 radical (unpaired) electrons. The first-order valence-electron chi connectivity index (χ1n) is 14.7. The lowest BCUT2D eigenvalue weighted by Gasteiger charge is -2.05. The van der Waals surface area contributed by atoms with Gasteiger partial charge in [0.15, 0.2) is 0 Å². The summed E-state index contributed by atoms with van der Waals surface area (Å²) >= 11 is 14.8. The van der Waals surface area contributed by atoms with Crippen molar-refractivity contribution in [2.45, 2.75) is 26.5 Å². The van der Waals surface area contributed by atoms with Gasteiger partial charge in [0.25, 0.3) is 0 Å². The summed E-state index contributed by atoms with van der Waals surface area (Å²) in [7, 11) is 0. The van der Waals surface area contributed by atoms with E-state index in [0.717, 1.165) is 5.57 Å². The maximum Gasteiger partial charge on any atom is 0.0706 e. The Hall–Kier alpha value is -2.14. The van der Waals surface area contributed by atoms with Crippen LogP contribution in [0, 0.1) is 0 Å². The van der Waals surface area contributed by atoms with Crippen molar-refractivity contribution in [3.05, 3.63) is 184 Å². The van der Waals surface area contributed by atoms with Crippen LogP contribution in [0.15, 0.2) is 192 Å². The van der Waals surface area contributed by atoms with Crippen molar-refractivity contribution in [2.24, 2.45) is 0 Å². The Balaban J connectivity index is 1.20. The minimum Gasteiger partial charge on any atom is -0.0991 e. The first-order valence-corrected chi connectivity index (χ1v) is 21.5. The van der Waals surface area contributed by atoms with Crippen molar-refractivity contribution in [1.29, 1.82) is 0 Å². The highest BCUT2D eigenvalue weighted by molar-refractivity contribution is 8.32. The van der Waals surface area contributed by atoms with Crippen molar-refractivity contribution in [3.63, 3.8) is 0 Å². The third kappa shape index (κ3) is 9.52. The fourth-order valence-electron chi connectivity index (χ4n) is 4.43. The molecule has 0 N–H and O–H groups in total. The van der Waals surface area contributed by atoms with Crippen molar-refractivity contribution < 1.29 is 0 Å². The molecule has 0 atom stereocenters. The highest BCUT2D eigenvalue weighted by atomic mass is 32.2. The summed E-state index contributed by atoms with van der Waals surface area (Å²) in [5, 5.41) is 8.66. The number of hydrogen-bond acceptors (Lipinski definition) is 8. The molecule has 0 aromatic heterocycles. The fourth-order valence-corrected chi connectivity index (χ4v) is 13.8. The average Bonchev–Trinajstić information content (AvgIpc) is 3.92. The van der Waals surface area contributed by atoms with Crippen LogP contribution in [-0.4, -0.2) is 0 Å². The zero-order valence-electron chi connectivity index (χ0n) is 25.4. The molecule has 0 aliphatic carbocycles. The number of allylic oxidation sites excluding steroid dienone is 17. The van der Waals surface area contributed by atoms with Gasteiger partial charge in [-0.3, -0.25) is 0 Å². The molecule has 0 fully saturated rings. The highest BCUT2D eigenvalue weighted by Crippen LogP contribution is 2.58. The van der Waals surface area contributed by atoms with E-state index in [2.05, 4.69) is 132 Å². The molecule has 4 aliphatic rings. The zero-order valence-corrected chi connectivity index (χ0v) is 31.9. The lowest BCUT2D eigenvalue weighted by Crippen LogP contribution is -1.83. The standard InChI is InChI=1S/C39H30S8/c1-3-5-7-8-9-11-15-29(31-19-21-33-35(27-31)47-39(45-33)37-42-24-25-43-37)17-13-10-12-16-28(14-6-4-2)30-18-20-32-34(26-30)46-38(44-32)36-40-22-23-41-36/h3-27H,1H2,2H3. The van der Waals surface area contributed by atoms with Crippen LogP contribution in [0.5, 0.6) is 0 Å². The molecule has 0 amide bonds. The van der Waals surface area contributed by atoms with Gasteiger partial charge in [-0.15, -0.1) is 0 Å². The average molecular weight is 755 g/mol. The van der Waals surface area contributed by atoms with Crippen molar-refractivity contribution in [2.75, 3.05) is 0 Å². The van der Waals surface area contributed by atoms with Gasteiger partial charge in [0.05, 0.1) is 16.9 Å². The number of rotatable bonds is 10. The largest absolute Gasteiger partial charge is 0.0991 e. The Morgan fingerprint density at radius 2 is 0.936 bits per heavy atom. The molecule has 0 saturated carbocycles. The molecule has 6 rings (SSSR count). The molecule has 2 aromatic carbocycles. The summed E-state index contributed by atoms with van der Waals surface area (Å²) in [6, 6.07) is 13.6. The van der Waals surface area contributed by atoms with Crippen LogP contribution in [0.1, 0.15) is 18.1 Å². The molecule has 0 unspecified atom stereocenters. The third-order valence-corrected chi connectivity index (χ3v) is 17.0. The Morgan fingerprint density at radius 3 is 1.45 bits per heavy atom. The maximum atomic E-state index is 3.74. The monoisotopic (exact) mass is 754 g/mol. The zero-order chi connectivity index (χ0) is 32.3. The molecule has 0 nitrogen and oxygen atoms in total. The van der Waals surface area contributed by atoms with Crippen molar-refractivity contribution in [3.8, 4) is 0 Å². The van der Waals surface area contributed by atoms with E-state index in [-0.39, 0.29) is 0 Å². The summed E-state index contributed by atoms with van der Waals surface area (Å²) in [4.78, 5) is 5.32. The van der Waals surface area contributed by atoms with Gasteiger partial charge in [0, 0.05) is 19.6 Å². The summed E-state index contributed by atoms with van der Waals surface area (Å²) in [6.45, 7) is 5.79. The summed E-state index contributed by atoms with van der Waals surface area (Å²) in [5.41, 5.74) is 4.77. The van der Waals surface area contributed by atoms with E-state index in [1.165, 1.54) is 53.2 Å². The molecule has 4 aliphatic heterocycles. The quantitative estimate of drug-likeness (QED) is 0.217. The molecule has 47 heavy (non-hydrogen) atoms. The van der Waals surface area contributed by atoms with Crippen LogP contribution in [0.2, 0.25) is 0 Å². The third-order valence-electron chi connectivity index (χ3n) is 6.61. The van der Waals surface area contributed by atoms with Gasteiger partial charge in [-0.2, -0.15) is 0 Å². The molecule has 0 bridgehead atoms. The number of thioether (sulfide) groups is 8. The van der Waals surface area contributed by atoms with Gasteiger partial charge in [-0.25, -0.2) is 0 Å². The lowest BCUT2D eigenvalue weighted by molar-refractivity contribution is 1.26. The predicted octanol–water partition coefficient (Wildman–Crippen LogP) is 15.2. The number of benzene rings is 2. The van der Waals surface area contributed by atoms with Crippen LogP contribution in [0.4, 0.5) is 0 Å². The van der Waals surface area contributed by atoms with Gasteiger partial charge in [0.1, 0.15) is 0 Å². The topological polar surface area (TPSA) is 0 Å². The molecular formula is C39H30S8. The fraction of sp³-hybridized carbons (Fsp3) is 0.0256. The molecule has 2 aromatic rings. The minimum atomic E-state index is 1.16. The molecule has 4 heterocycles. The lowest BCUT2D eigenvalue weighted by atomic mass is 10.0. The van der Waals surface area contributed by atoms with Crippen molar-refractivity contribution in [1.82, 2.24) is 0 Å². The summed E-state index contributed by atoms with van der Waals surface area (Å²) in [5.74, 6) is 0. The van der Waals surface area contributed by atoms with Crippen LogP contribution >= 0.6 is 94.1 Å². The van der Waals surface area contributed by atoms with Gasteiger partial charge in [-0.1, -0.05) is 204 Å². The van der Waals surface area contributed by atoms with Crippen LogP contribution in [0.25, 0.3) is 11.1 Å². The minimum absolute atomic E-state index is 1.16. The van der Waals surface area contributed by atoms with Crippen LogP contribution in [0.3, 0.4) is 0 Å². The molecule has 0 spiro atoms. The molecule has 8 heteroatoms. The Labute approximate surface area is 312 Å². The second-order valence-electron chi connectivity index (χ2n) is 9.78. The molecule has 234 valence electrons. The normalized spacial score (nSPS) is 18.4. The van der Waals surface area contributed by atoms with E-state index < -0.39 is 0 Å². The van der Waals surface area contributed by atoms with Gasteiger partial charge in [-0.05, 0) is 75.1 Å². The first kappa shape index (κ1) is 34.7. The SMILES string of the molecule is C=CC=CC=CC=CC(=CC=CC=CC(=CC=CC)c1ccc2c(c1)SC(=C1SC=CS1)S2)c1ccc2c(c1)SC(=C1SC=CS1)S2.